The van der Waals surface area contributed by atoms with Gasteiger partial charge >= 0.3 is 6.03 Å². The second-order valence-electron chi connectivity index (χ2n) is 5.11. The lowest BCUT2D eigenvalue weighted by Gasteiger charge is -2.19. The summed E-state index contributed by atoms with van der Waals surface area (Å²) in [5.41, 5.74) is 3.48. The quantitative estimate of drug-likeness (QED) is 0.932. The van der Waals surface area contributed by atoms with E-state index < -0.39 is 0 Å². The van der Waals surface area contributed by atoms with Crippen LogP contribution >= 0.6 is 0 Å². The van der Waals surface area contributed by atoms with Crippen LogP contribution in [-0.2, 0) is 13.0 Å². The summed E-state index contributed by atoms with van der Waals surface area (Å²) in [5, 5.41) is 11.8. The highest BCUT2D eigenvalue weighted by atomic mass is 16.2. The summed E-state index contributed by atoms with van der Waals surface area (Å²) in [6, 6.07) is 17.0. The molecular weight excluding hydrogens is 274 g/mol. The topological polar surface area (TPSA) is 56.1 Å². The van der Waals surface area contributed by atoms with Crippen LogP contribution in [0.3, 0.4) is 0 Å². The maximum absolute atomic E-state index is 12.3. The Kier molecular flexibility index (Phi) is 5.16. The molecular formula is C18H19N3O. The summed E-state index contributed by atoms with van der Waals surface area (Å²) in [7, 11) is 1.74. The van der Waals surface area contributed by atoms with Crippen LogP contribution in [0.25, 0.3) is 0 Å². The molecule has 2 aromatic carbocycles. The van der Waals surface area contributed by atoms with Crippen molar-refractivity contribution in [3.8, 4) is 6.07 Å². The van der Waals surface area contributed by atoms with Gasteiger partial charge in [0.25, 0.3) is 0 Å². The number of nitrogens with zero attached hydrogens (tertiary/aromatic N) is 2. The number of nitrogens with one attached hydrogen (secondary N) is 1. The minimum Gasteiger partial charge on any atom is -0.323 e. The number of urea groups is 1. The van der Waals surface area contributed by atoms with Crippen molar-refractivity contribution in [3.05, 3.63) is 65.2 Å². The van der Waals surface area contributed by atoms with Crippen LogP contribution < -0.4 is 5.32 Å². The van der Waals surface area contributed by atoms with Crippen LogP contribution in [0.1, 0.15) is 23.6 Å². The summed E-state index contributed by atoms with van der Waals surface area (Å²) >= 11 is 0. The molecule has 0 spiro atoms. The minimum atomic E-state index is -0.164. The van der Waals surface area contributed by atoms with Crippen molar-refractivity contribution in [1.29, 1.82) is 5.26 Å². The van der Waals surface area contributed by atoms with Crippen LogP contribution in [0.2, 0.25) is 0 Å². The fourth-order valence-corrected chi connectivity index (χ4v) is 2.25. The number of nitriles is 1. The molecule has 0 saturated heterocycles. The van der Waals surface area contributed by atoms with E-state index in [-0.39, 0.29) is 6.03 Å². The van der Waals surface area contributed by atoms with E-state index in [1.54, 1.807) is 24.1 Å². The SMILES string of the molecule is CCc1ccccc1NC(=O)N(C)Cc1cccc(C#N)c1. The number of anilines is 1. The van der Waals surface area contributed by atoms with E-state index in [2.05, 4.69) is 18.3 Å². The van der Waals surface area contributed by atoms with Crippen LogP contribution in [-0.4, -0.2) is 18.0 Å². The fraction of sp³-hybridized carbons (Fsp3) is 0.222. The Hall–Kier alpha value is -2.80. The first kappa shape index (κ1) is 15.6. The standard InChI is InChI=1S/C18H19N3O/c1-3-16-9-4-5-10-17(16)20-18(22)21(2)13-15-8-6-7-14(11-15)12-19/h4-11H,3,13H2,1-2H3,(H,20,22). The van der Waals surface area contributed by atoms with Gasteiger partial charge in [0, 0.05) is 19.3 Å². The maximum atomic E-state index is 12.3. The van der Waals surface area contributed by atoms with Gasteiger partial charge in [0.2, 0.25) is 0 Å². The molecule has 0 heterocycles. The number of hydrogen-bond acceptors (Lipinski definition) is 2. The molecule has 0 atom stereocenters. The molecule has 0 radical (unpaired) electrons. The number of benzene rings is 2. The number of para-hydroxylation sites is 1. The van der Waals surface area contributed by atoms with E-state index in [1.807, 2.05) is 36.4 Å². The third-order valence-corrected chi connectivity index (χ3v) is 3.46. The second-order valence-corrected chi connectivity index (χ2v) is 5.11. The first-order chi connectivity index (χ1) is 10.6. The van der Waals surface area contributed by atoms with E-state index in [1.165, 1.54) is 0 Å². The van der Waals surface area contributed by atoms with E-state index in [4.69, 9.17) is 5.26 Å². The van der Waals surface area contributed by atoms with E-state index >= 15 is 0 Å². The molecule has 0 unspecified atom stereocenters. The molecule has 0 fully saturated rings. The molecule has 112 valence electrons. The third-order valence-electron chi connectivity index (χ3n) is 3.46. The van der Waals surface area contributed by atoms with Gasteiger partial charge in [-0.15, -0.1) is 0 Å². The fourth-order valence-electron chi connectivity index (χ4n) is 2.25. The number of aryl methyl sites for hydroxylation is 1. The molecule has 0 aliphatic carbocycles. The monoisotopic (exact) mass is 293 g/mol. The molecule has 0 aliphatic heterocycles. The Morgan fingerprint density at radius 3 is 2.73 bits per heavy atom. The van der Waals surface area contributed by atoms with Crippen molar-refractivity contribution in [2.75, 3.05) is 12.4 Å². The molecule has 0 aromatic heterocycles. The van der Waals surface area contributed by atoms with Gasteiger partial charge in [0.15, 0.2) is 0 Å². The van der Waals surface area contributed by atoms with E-state index in [0.29, 0.717) is 12.1 Å². The van der Waals surface area contributed by atoms with Gasteiger partial charge in [0.05, 0.1) is 11.6 Å². The highest BCUT2D eigenvalue weighted by molar-refractivity contribution is 5.90. The zero-order valence-corrected chi connectivity index (χ0v) is 12.8. The number of rotatable bonds is 4. The van der Waals surface area contributed by atoms with Crippen LogP contribution in [0.4, 0.5) is 10.5 Å². The molecule has 2 aromatic rings. The normalized spacial score (nSPS) is 9.86. The average molecular weight is 293 g/mol. The molecule has 22 heavy (non-hydrogen) atoms. The molecule has 0 saturated carbocycles. The van der Waals surface area contributed by atoms with Crippen LogP contribution in [0.15, 0.2) is 48.5 Å². The zero-order valence-electron chi connectivity index (χ0n) is 12.8. The van der Waals surface area contributed by atoms with E-state index in [0.717, 1.165) is 23.2 Å². The molecule has 4 nitrogen and oxygen atoms in total. The molecule has 0 aliphatic rings. The van der Waals surface area contributed by atoms with Crippen molar-refractivity contribution >= 4 is 11.7 Å². The molecule has 2 rings (SSSR count). The number of carbonyl (C=O) groups excluding carboxylic acids is 1. The van der Waals surface area contributed by atoms with Crippen molar-refractivity contribution in [2.45, 2.75) is 19.9 Å². The first-order valence-corrected chi connectivity index (χ1v) is 7.23. The van der Waals surface area contributed by atoms with Crippen molar-refractivity contribution in [1.82, 2.24) is 4.90 Å². The first-order valence-electron chi connectivity index (χ1n) is 7.23. The predicted molar refractivity (Wildman–Crippen MR) is 87.5 cm³/mol. The summed E-state index contributed by atoms with van der Waals surface area (Å²) < 4.78 is 0. The number of hydrogen-bond donors (Lipinski definition) is 1. The summed E-state index contributed by atoms with van der Waals surface area (Å²) in [6.07, 6.45) is 0.865. The van der Waals surface area contributed by atoms with Gasteiger partial charge in [-0.05, 0) is 35.7 Å². The van der Waals surface area contributed by atoms with E-state index in [9.17, 15) is 4.79 Å². The number of amides is 2. The number of carbonyl (C=O) groups is 1. The lowest BCUT2D eigenvalue weighted by Crippen LogP contribution is -2.31. The molecule has 1 N–H and O–H groups in total. The summed E-state index contributed by atoms with van der Waals surface area (Å²) in [6.45, 7) is 2.51. The third kappa shape index (κ3) is 3.86. The smallest absolute Gasteiger partial charge is 0.321 e. The van der Waals surface area contributed by atoms with Crippen molar-refractivity contribution < 1.29 is 4.79 Å². The highest BCUT2D eigenvalue weighted by Crippen LogP contribution is 2.16. The largest absolute Gasteiger partial charge is 0.323 e. The average Bonchev–Trinajstić information content (AvgIpc) is 2.55. The van der Waals surface area contributed by atoms with Gasteiger partial charge in [-0.3, -0.25) is 0 Å². The van der Waals surface area contributed by atoms with Gasteiger partial charge in [-0.2, -0.15) is 5.26 Å². The summed E-state index contributed by atoms with van der Waals surface area (Å²) in [4.78, 5) is 13.9. The second kappa shape index (κ2) is 7.28. The minimum absolute atomic E-state index is 0.164. The highest BCUT2D eigenvalue weighted by Gasteiger charge is 2.11. The van der Waals surface area contributed by atoms with Gasteiger partial charge < -0.3 is 10.2 Å². The molecule has 2 amide bonds. The lowest BCUT2D eigenvalue weighted by atomic mass is 10.1. The molecule has 0 bridgehead atoms. The Labute approximate surface area is 131 Å². The van der Waals surface area contributed by atoms with Gasteiger partial charge in [-0.1, -0.05) is 37.3 Å². The van der Waals surface area contributed by atoms with Crippen LogP contribution in [0.5, 0.6) is 0 Å². The Balaban J connectivity index is 2.04. The lowest BCUT2D eigenvalue weighted by molar-refractivity contribution is 0.220. The molecule has 4 heteroatoms. The maximum Gasteiger partial charge on any atom is 0.321 e. The van der Waals surface area contributed by atoms with Gasteiger partial charge in [0.1, 0.15) is 0 Å². The zero-order chi connectivity index (χ0) is 15.9. The Morgan fingerprint density at radius 2 is 2.00 bits per heavy atom. The van der Waals surface area contributed by atoms with Gasteiger partial charge in [-0.25, -0.2) is 4.79 Å². The van der Waals surface area contributed by atoms with Crippen molar-refractivity contribution in [3.63, 3.8) is 0 Å². The summed E-state index contributed by atoms with van der Waals surface area (Å²) in [5.74, 6) is 0. The van der Waals surface area contributed by atoms with Crippen LogP contribution in [0, 0.1) is 11.3 Å². The Morgan fingerprint density at radius 1 is 1.23 bits per heavy atom. The Bertz CT molecular complexity index is 703. The predicted octanol–water partition coefficient (Wildman–Crippen LogP) is 3.78. The van der Waals surface area contributed by atoms with Crippen molar-refractivity contribution in [2.24, 2.45) is 0 Å².